The van der Waals surface area contributed by atoms with Crippen LogP contribution >= 0.6 is 0 Å². The number of ether oxygens (including phenoxy) is 1. The number of halogens is 3. The Morgan fingerprint density at radius 2 is 1.77 bits per heavy atom. The standard InChI is InChI=1S/C16H16F3NO2/c1-11-10-13(4-3-5-15(11)22-20-2)12-6-8-14(9-7-12)21-16(17,18)19/h4-10,20H,3H2,1-2H3. The molecule has 0 amide bonds. The van der Waals surface area contributed by atoms with E-state index in [1.165, 1.54) is 12.1 Å². The Bertz CT molecular complexity index is 613. The Morgan fingerprint density at radius 3 is 2.36 bits per heavy atom. The Morgan fingerprint density at radius 1 is 1.09 bits per heavy atom. The molecule has 0 bridgehead atoms. The van der Waals surface area contributed by atoms with Gasteiger partial charge in [0.25, 0.3) is 0 Å². The van der Waals surface area contributed by atoms with Crippen LogP contribution in [0.25, 0.3) is 5.57 Å². The van der Waals surface area contributed by atoms with E-state index in [9.17, 15) is 13.2 Å². The maximum Gasteiger partial charge on any atom is 0.573 e. The molecule has 0 saturated carbocycles. The van der Waals surface area contributed by atoms with Gasteiger partial charge in [-0.3, -0.25) is 0 Å². The van der Waals surface area contributed by atoms with Gasteiger partial charge in [0.2, 0.25) is 0 Å². The molecule has 1 aromatic rings. The highest BCUT2D eigenvalue weighted by Gasteiger charge is 2.30. The highest BCUT2D eigenvalue weighted by molar-refractivity contribution is 5.76. The fraction of sp³-hybridized carbons (Fsp3) is 0.250. The second-order valence-electron chi connectivity index (χ2n) is 4.67. The smallest absolute Gasteiger partial charge is 0.409 e. The average molecular weight is 311 g/mol. The van der Waals surface area contributed by atoms with Crippen LogP contribution in [0.5, 0.6) is 5.75 Å². The van der Waals surface area contributed by atoms with E-state index in [0.717, 1.165) is 22.5 Å². The van der Waals surface area contributed by atoms with Crippen LogP contribution in [0.2, 0.25) is 0 Å². The van der Waals surface area contributed by atoms with Gasteiger partial charge in [-0.25, -0.2) is 0 Å². The summed E-state index contributed by atoms with van der Waals surface area (Å²) >= 11 is 0. The zero-order valence-corrected chi connectivity index (χ0v) is 12.2. The number of nitrogens with one attached hydrogen (secondary N) is 1. The third-order valence-electron chi connectivity index (χ3n) is 3.03. The minimum atomic E-state index is -4.68. The molecule has 1 N–H and O–H groups in total. The fourth-order valence-corrected chi connectivity index (χ4v) is 2.10. The van der Waals surface area contributed by atoms with E-state index in [1.54, 1.807) is 19.2 Å². The number of hydroxylamine groups is 1. The molecule has 1 aliphatic carbocycles. The number of alkyl halides is 3. The molecule has 0 spiro atoms. The third-order valence-corrected chi connectivity index (χ3v) is 3.03. The van der Waals surface area contributed by atoms with Crippen molar-refractivity contribution in [3.63, 3.8) is 0 Å². The number of allylic oxidation sites excluding steroid dienone is 5. The summed E-state index contributed by atoms with van der Waals surface area (Å²) in [5.74, 6) is 0.495. The van der Waals surface area contributed by atoms with E-state index < -0.39 is 6.36 Å². The van der Waals surface area contributed by atoms with Crippen molar-refractivity contribution in [1.82, 2.24) is 5.48 Å². The van der Waals surface area contributed by atoms with Crippen LogP contribution in [0.1, 0.15) is 18.9 Å². The maximum absolute atomic E-state index is 12.1. The first-order chi connectivity index (χ1) is 10.4. The average Bonchev–Trinajstić information content (AvgIpc) is 2.61. The van der Waals surface area contributed by atoms with Gasteiger partial charge >= 0.3 is 6.36 Å². The van der Waals surface area contributed by atoms with Crippen molar-refractivity contribution in [3.8, 4) is 5.75 Å². The number of hydrogen-bond acceptors (Lipinski definition) is 3. The molecule has 0 saturated heterocycles. The molecule has 1 aliphatic rings. The molecule has 2 rings (SSSR count). The van der Waals surface area contributed by atoms with E-state index >= 15 is 0 Å². The summed E-state index contributed by atoms with van der Waals surface area (Å²) in [6.07, 6.45) is 1.82. The van der Waals surface area contributed by atoms with Gasteiger partial charge < -0.3 is 9.57 Å². The van der Waals surface area contributed by atoms with Crippen LogP contribution in [-0.4, -0.2) is 13.4 Å². The quantitative estimate of drug-likeness (QED) is 0.838. The first-order valence-corrected chi connectivity index (χ1v) is 6.68. The van der Waals surface area contributed by atoms with E-state index in [-0.39, 0.29) is 5.75 Å². The zero-order valence-electron chi connectivity index (χ0n) is 12.2. The van der Waals surface area contributed by atoms with E-state index in [1.807, 2.05) is 25.2 Å². The fourth-order valence-electron chi connectivity index (χ4n) is 2.10. The lowest BCUT2D eigenvalue weighted by Gasteiger charge is -2.10. The van der Waals surface area contributed by atoms with Crippen LogP contribution in [-0.2, 0) is 4.84 Å². The summed E-state index contributed by atoms with van der Waals surface area (Å²) in [5, 5.41) is 0. The lowest BCUT2D eigenvalue weighted by Crippen LogP contribution is -2.16. The molecule has 0 atom stereocenters. The van der Waals surface area contributed by atoms with Crippen LogP contribution < -0.4 is 10.2 Å². The van der Waals surface area contributed by atoms with Crippen molar-refractivity contribution in [2.75, 3.05) is 7.05 Å². The molecular formula is C16H16F3NO2. The molecule has 118 valence electrons. The maximum atomic E-state index is 12.1. The number of hydrogen-bond donors (Lipinski definition) is 1. The van der Waals surface area contributed by atoms with Gasteiger partial charge in [0.1, 0.15) is 11.5 Å². The molecule has 22 heavy (non-hydrogen) atoms. The Hall–Kier alpha value is -2.21. The molecular weight excluding hydrogens is 295 g/mol. The van der Waals surface area contributed by atoms with Gasteiger partial charge in [0.15, 0.2) is 0 Å². The molecule has 1 aromatic carbocycles. The minimum Gasteiger partial charge on any atom is -0.409 e. The van der Waals surface area contributed by atoms with Crippen molar-refractivity contribution in [2.24, 2.45) is 0 Å². The van der Waals surface area contributed by atoms with Gasteiger partial charge in [-0.1, -0.05) is 18.2 Å². The van der Waals surface area contributed by atoms with Crippen LogP contribution in [0.15, 0.2) is 53.8 Å². The summed E-state index contributed by atoms with van der Waals surface area (Å²) in [4.78, 5) is 5.30. The van der Waals surface area contributed by atoms with E-state index in [4.69, 9.17) is 4.84 Å². The van der Waals surface area contributed by atoms with Crippen molar-refractivity contribution < 1.29 is 22.7 Å². The largest absolute Gasteiger partial charge is 0.573 e. The highest BCUT2D eigenvalue weighted by atomic mass is 19.4. The number of benzene rings is 1. The van der Waals surface area contributed by atoms with Gasteiger partial charge in [-0.05, 0) is 54.3 Å². The second-order valence-corrected chi connectivity index (χ2v) is 4.67. The predicted molar refractivity (Wildman–Crippen MR) is 77.7 cm³/mol. The van der Waals surface area contributed by atoms with Gasteiger partial charge in [-0.2, -0.15) is 5.48 Å². The van der Waals surface area contributed by atoms with Gasteiger partial charge in [0, 0.05) is 7.05 Å². The van der Waals surface area contributed by atoms with Gasteiger partial charge in [-0.15, -0.1) is 13.2 Å². The summed E-state index contributed by atoms with van der Waals surface area (Å²) in [7, 11) is 1.67. The number of rotatable bonds is 4. The molecule has 0 heterocycles. The SMILES string of the molecule is CNOC1=CCC=C(c2ccc(OC(F)(F)F)cc2)C=C1C. The van der Waals surface area contributed by atoms with Crippen molar-refractivity contribution in [2.45, 2.75) is 19.7 Å². The van der Waals surface area contributed by atoms with Crippen LogP contribution in [0.3, 0.4) is 0 Å². The predicted octanol–water partition coefficient (Wildman–Crippen LogP) is 4.35. The molecule has 0 fully saturated rings. The first kappa shape index (κ1) is 16.2. The monoisotopic (exact) mass is 311 g/mol. The summed E-state index contributed by atoms with van der Waals surface area (Å²) in [6, 6.07) is 5.80. The third kappa shape index (κ3) is 4.39. The van der Waals surface area contributed by atoms with Crippen molar-refractivity contribution >= 4 is 5.57 Å². The topological polar surface area (TPSA) is 30.5 Å². The lowest BCUT2D eigenvalue weighted by molar-refractivity contribution is -0.274. The normalized spacial score (nSPS) is 15.4. The van der Waals surface area contributed by atoms with Gasteiger partial charge in [0.05, 0.1) is 0 Å². The Balaban J connectivity index is 2.17. The van der Waals surface area contributed by atoms with Crippen molar-refractivity contribution in [3.05, 3.63) is 59.4 Å². The van der Waals surface area contributed by atoms with E-state index in [2.05, 4.69) is 10.2 Å². The molecule has 0 aliphatic heterocycles. The van der Waals surface area contributed by atoms with Crippen LogP contribution in [0, 0.1) is 0 Å². The highest BCUT2D eigenvalue weighted by Crippen LogP contribution is 2.28. The summed E-state index contributed by atoms with van der Waals surface area (Å²) < 4.78 is 40.3. The molecule has 0 aromatic heterocycles. The molecule has 0 unspecified atom stereocenters. The molecule has 0 radical (unpaired) electrons. The lowest BCUT2D eigenvalue weighted by atomic mass is 10.0. The van der Waals surface area contributed by atoms with Crippen molar-refractivity contribution in [1.29, 1.82) is 0 Å². The zero-order chi connectivity index (χ0) is 16.2. The Labute approximate surface area is 126 Å². The first-order valence-electron chi connectivity index (χ1n) is 6.68. The minimum absolute atomic E-state index is 0.233. The second kappa shape index (κ2) is 6.70. The molecule has 6 heteroatoms. The van der Waals surface area contributed by atoms with E-state index in [0.29, 0.717) is 6.42 Å². The summed E-state index contributed by atoms with van der Waals surface area (Å²) in [6.45, 7) is 1.91. The van der Waals surface area contributed by atoms with Crippen LogP contribution in [0.4, 0.5) is 13.2 Å². The Kier molecular flexibility index (Phi) is 4.92. The molecule has 3 nitrogen and oxygen atoms in total. The summed E-state index contributed by atoms with van der Waals surface area (Å²) in [5.41, 5.74) is 5.28.